The molecular formula is C27H21N4OZn. The summed E-state index contributed by atoms with van der Waals surface area (Å²) in [6.45, 7) is 0. The molecule has 0 atom stereocenters. The molecule has 0 unspecified atom stereocenters. The Hall–Kier alpha value is -3.76. The number of benzene rings is 1. The molecule has 2 aliphatic rings. The van der Waals surface area contributed by atoms with Crippen LogP contribution >= 0.6 is 0 Å². The van der Waals surface area contributed by atoms with Crippen molar-refractivity contribution in [3.63, 3.8) is 0 Å². The van der Waals surface area contributed by atoms with Gasteiger partial charge >= 0.3 is 64.3 Å². The fraction of sp³-hybridized carbons (Fsp3) is 0.0370. The molecule has 6 rings (SSSR count). The summed E-state index contributed by atoms with van der Waals surface area (Å²) in [6.07, 6.45) is 8.09. The van der Waals surface area contributed by atoms with Crippen molar-refractivity contribution in [1.29, 1.82) is 0 Å². The summed E-state index contributed by atoms with van der Waals surface area (Å²) in [5.74, 6) is 0.937. The first kappa shape index (κ1) is 21.1. The number of methoxy groups -OCH3 is 1. The maximum absolute atomic E-state index is 4.98. The average Bonchev–Trinajstić information content (AvgIpc) is 3.61. The van der Waals surface area contributed by atoms with E-state index in [0.29, 0.717) is 0 Å². The van der Waals surface area contributed by atoms with Gasteiger partial charge < -0.3 is 9.97 Å². The molecule has 6 heteroatoms. The third-order valence-electron chi connectivity index (χ3n) is 5.20. The molecule has 0 saturated carbocycles. The number of hydrogen-bond acceptors (Lipinski definition) is 3. The first-order valence-corrected chi connectivity index (χ1v) is 12.1. The molecule has 0 aliphatic carbocycles. The van der Waals surface area contributed by atoms with Crippen molar-refractivity contribution in [3.8, 4) is 5.75 Å². The summed E-state index contributed by atoms with van der Waals surface area (Å²) in [5.41, 5.74) is 7.86. The van der Waals surface area contributed by atoms with E-state index in [1.807, 2.05) is 60.7 Å². The zero-order valence-corrected chi connectivity index (χ0v) is 21.2. The second-order valence-electron chi connectivity index (χ2n) is 7.75. The van der Waals surface area contributed by atoms with Crippen LogP contribution in [0.15, 0.2) is 72.8 Å². The molecule has 0 saturated heterocycles. The van der Waals surface area contributed by atoms with Gasteiger partial charge in [0.1, 0.15) is 0 Å². The van der Waals surface area contributed by atoms with E-state index in [0.717, 1.165) is 50.6 Å². The summed E-state index contributed by atoms with van der Waals surface area (Å²) in [4.78, 5) is 16.0. The van der Waals surface area contributed by atoms with E-state index in [9.17, 15) is 0 Å². The van der Waals surface area contributed by atoms with Crippen LogP contribution in [0.4, 0.5) is 0 Å². The Morgan fingerprint density at radius 3 is 1.27 bits per heavy atom. The number of H-pyrrole nitrogens is 2. The van der Waals surface area contributed by atoms with E-state index in [-0.39, 0.29) is 0 Å². The number of fused-ring (bicyclic) bond motifs is 8. The monoisotopic (exact) mass is 481 g/mol. The van der Waals surface area contributed by atoms with Crippen molar-refractivity contribution in [2.75, 3.05) is 7.11 Å². The van der Waals surface area contributed by atoms with Crippen LogP contribution in [-0.4, -0.2) is 27.0 Å². The van der Waals surface area contributed by atoms with Crippen LogP contribution in [0.2, 0.25) is 0 Å². The molecule has 5 nitrogen and oxygen atoms in total. The molecule has 0 radical (unpaired) electrons. The van der Waals surface area contributed by atoms with Crippen LogP contribution < -0.4 is 8.89 Å². The van der Waals surface area contributed by atoms with Gasteiger partial charge in [0.05, 0.1) is 22.8 Å². The predicted molar refractivity (Wildman–Crippen MR) is 131 cm³/mol. The quantitative estimate of drug-likeness (QED) is 0.303. The van der Waals surface area contributed by atoms with Gasteiger partial charge in [0.2, 0.25) is 0 Å². The molecule has 4 aromatic rings. The number of aromatic amines is 2. The normalized spacial score (nSPS) is 11.7. The predicted octanol–water partition coefficient (Wildman–Crippen LogP) is 5.52. The summed E-state index contributed by atoms with van der Waals surface area (Å²) >= 11 is 1.21. The molecule has 2 aliphatic heterocycles. The van der Waals surface area contributed by atoms with E-state index in [1.165, 1.54) is 22.5 Å². The van der Waals surface area contributed by atoms with Crippen LogP contribution in [-0.2, 0) is 18.3 Å². The standard InChI is InChI=1S/C20H14N4.C7H7O.Zn/c1-2-14-10-16-5-6-18(23-16)12-20-8-7-19(24-20)11-17-4-3-15(22-17)9-13(1)21-14;1-8-7-5-3-2-4-6-7;/h1-12,21,24H;3-6H,1H3;. The van der Waals surface area contributed by atoms with Crippen LogP contribution in [0.3, 0.4) is 0 Å². The summed E-state index contributed by atoms with van der Waals surface area (Å²) in [5, 5.41) is 0. The van der Waals surface area contributed by atoms with Gasteiger partial charge in [-0.15, -0.1) is 0 Å². The second kappa shape index (κ2) is 9.39. The van der Waals surface area contributed by atoms with Crippen molar-refractivity contribution in [2.24, 2.45) is 0 Å². The number of hydrogen-bond donors (Lipinski definition) is 2. The molecule has 1 aromatic carbocycles. The number of aromatic nitrogens is 4. The molecule has 0 spiro atoms. The fourth-order valence-electron chi connectivity index (χ4n) is 3.57. The zero-order valence-electron chi connectivity index (χ0n) is 18.2. The van der Waals surface area contributed by atoms with E-state index in [4.69, 9.17) is 4.74 Å². The SMILES string of the molecule is C1=Cc2cc3ccc(cc4nc(cc5ccc(cc1n2)[nH]5)C=C4)[nH]3.COc1cc[c]([Zn])cc1. The molecular weight excluding hydrogens is 462 g/mol. The minimum atomic E-state index is 0.937. The fourth-order valence-corrected chi connectivity index (χ4v) is 4.06. The molecule has 33 heavy (non-hydrogen) atoms. The van der Waals surface area contributed by atoms with Crippen LogP contribution in [0, 0.1) is 0 Å². The van der Waals surface area contributed by atoms with E-state index in [1.54, 1.807) is 7.11 Å². The Labute approximate surface area is 201 Å². The number of nitrogens with one attached hydrogen (secondary N) is 2. The van der Waals surface area contributed by atoms with Gasteiger partial charge in [-0.2, -0.15) is 0 Å². The Morgan fingerprint density at radius 1 is 0.576 bits per heavy atom. The van der Waals surface area contributed by atoms with Crippen molar-refractivity contribution >= 4 is 50.5 Å². The van der Waals surface area contributed by atoms with Crippen LogP contribution in [0.25, 0.3) is 46.4 Å². The zero-order chi connectivity index (χ0) is 22.6. The van der Waals surface area contributed by atoms with Gasteiger partial charge in [0, 0.05) is 22.1 Å². The Balaban J connectivity index is 0.000000215. The first-order chi connectivity index (χ1) is 16.1. The summed E-state index contributed by atoms with van der Waals surface area (Å²) < 4.78 is 6.37. The van der Waals surface area contributed by atoms with Gasteiger partial charge in [-0.1, -0.05) is 0 Å². The summed E-state index contributed by atoms with van der Waals surface area (Å²) in [7, 11) is 1.68. The Kier molecular flexibility index (Phi) is 6.01. The second-order valence-corrected chi connectivity index (χ2v) is 9.47. The van der Waals surface area contributed by atoms with Gasteiger partial charge in [-0.25, -0.2) is 9.97 Å². The minimum absolute atomic E-state index is 0.937. The van der Waals surface area contributed by atoms with Crippen LogP contribution in [0.5, 0.6) is 5.75 Å². The molecule has 3 aromatic heterocycles. The number of nitrogens with zero attached hydrogens (tertiary/aromatic N) is 2. The molecule has 5 heterocycles. The molecule has 8 bridgehead atoms. The van der Waals surface area contributed by atoms with E-state index >= 15 is 0 Å². The number of rotatable bonds is 1. The van der Waals surface area contributed by atoms with Gasteiger partial charge in [-0.3, -0.25) is 0 Å². The van der Waals surface area contributed by atoms with Crippen molar-refractivity contribution < 1.29 is 23.0 Å². The molecule has 157 valence electrons. The molecule has 2 N–H and O–H groups in total. The molecule has 0 amide bonds. The van der Waals surface area contributed by atoms with E-state index in [2.05, 4.69) is 56.3 Å². The van der Waals surface area contributed by atoms with E-state index < -0.39 is 0 Å². The Morgan fingerprint density at radius 2 is 0.939 bits per heavy atom. The first-order valence-electron chi connectivity index (χ1n) is 10.6. The third-order valence-corrected chi connectivity index (χ3v) is 6.19. The average molecular weight is 483 g/mol. The summed E-state index contributed by atoms with van der Waals surface area (Å²) in [6, 6.07) is 24.5. The topological polar surface area (TPSA) is 66.6 Å². The van der Waals surface area contributed by atoms with Gasteiger partial charge in [-0.05, 0) is 72.8 Å². The van der Waals surface area contributed by atoms with Crippen molar-refractivity contribution in [3.05, 3.63) is 95.6 Å². The van der Waals surface area contributed by atoms with Crippen LogP contribution in [0.1, 0.15) is 22.8 Å². The third kappa shape index (κ3) is 5.36. The molecule has 0 fully saturated rings. The maximum atomic E-state index is 4.98. The van der Waals surface area contributed by atoms with Crippen molar-refractivity contribution in [2.45, 2.75) is 0 Å². The van der Waals surface area contributed by atoms with Gasteiger partial charge in [0.15, 0.2) is 0 Å². The van der Waals surface area contributed by atoms with Gasteiger partial charge in [0.25, 0.3) is 0 Å². The Bertz CT molecular complexity index is 1340. The van der Waals surface area contributed by atoms with Crippen molar-refractivity contribution in [1.82, 2.24) is 19.9 Å². The number of ether oxygens (including phenoxy) is 1.